The molecule has 3 rings (SSSR count). The van der Waals surface area contributed by atoms with Crippen LogP contribution >= 0.6 is 0 Å². The van der Waals surface area contributed by atoms with Gasteiger partial charge in [-0.15, -0.1) is 0 Å². The van der Waals surface area contributed by atoms with Gasteiger partial charge in [-0.25, -0.2) is 0 Å². The van der Waals surface area contributed by atoms with Crippen molar-refractivity contribution in [3.05, 3.63) is 76.1 Å². The zero-order valence-corrected chi connectivity index (χ0v) is 11.3. The van der Waals surface area contributed by atoms with E-state index in [9.17, 15) is 4.79 Å². The fourth-order valence-electron chi connectivity index (χ4n) is 2.19. The molecule has 0 unspecified atom stereocenters. The first-order valence-electron chi connectivity index (χ1n) is 6.64. The van der Waals surface area contributed by atoms with Crippen molar-refractivity contribution >= 4 is 16.6 Å². The highest BCUT2D eigenvalue weighted by atomic mass is 16.1. The molecule has 0 aliphatic heterocycles. The number of anilines is 1. The maximum absolute atomic E-state index is 12.0. The number of aryl methyl sites for hydroxylation is 1. The molecule has 1 heterocycles. The Morgan fingerprint density at radius 2 is 1.80 bits per heavy atom. The molecule has 3 aromatic rings. The second-order valence-corrected chi connectivity index (χ2v) is 4.93. The van der Waals surface area contributed by atoms with Gasteiger partial charge in [0, 0.05) is 23.3 Å². The fraction of sp³-hybridized carbons (Fsp3) is 0.118. The van der Waals surface area contributed by atoms with Crippen LogP contribution in [0.5, 0.6) is 0 Å². The summed E-state index contributed by atoms with van der Waals surface area (Å²) in [6.07, 6.45) is 0. The zero-order valence-electron chi connectivity index (χ0n) is 11.3. The maximum atomic E-state index is 12.0. The van der Waals surface area contributed by atoms with E-state index < -0.39 is 0 Å². The molecule has 20 heavy (non-hydrogen) atoms. The van der Waals surface area contributed by atoms with Gasteiger partial charge in [0.1, 0.15) is 0 Å². The molecule has 3 heteroatoms. The topological polar surface area (TPSA) is 44.9 Å². The Bertz CT molecular complexity index is 788. The van der Waals surface area contributed by atoms with Crippen LogP contribution < -0.4 is 10.9 Å². The number of H-pyrrole nitrogens is 1. The molecule has 0 bridgehead atoms. The first-order valence-corrected chi connectivity index (χ1v) is 6.64. The molecule has 1 aromatic heterocycles. The number of aromatic nitrogens is 1. The molecule has 0 fully saturated rings. The quantitative estimate of drug-likeness (QED) is 0.761. The number of benzene rings is 2. The second kappa shape index (κ2) is 5.21. The average molecular weight is 264 g/mol. The summed E-state index contributed by atoms with van der Waals surface area (Å²) in [6.45, 7) is 2.57. The third kappa shape index (κ3) is 2.57. The van der Waals surface area contributed by atoms with Crippen molar-refractivity contribution in [1.82, 2.24) is 4.98 Å². The van der Waals surface area contributed by atoms with Gasteiger partial charge >= 0.3 is 0 Å². The van der Waals surface area contributed by atoms with Crippen LogP contribution in [0.25, 0.3) is 10.9 Å². The van der Waals surface area contributed by atoms with Crippen LogP contribution in [-0.4, -0.2) is 4.98 Å². The summed E-state index contributed by atoms with van der Waals surface area (Å²) in [5.41, 5.74) is 3.81. The molecule has 0 amide bonds. The van der Waals surface area contributed by atoms with Gasteiger partial charge in [0.25, 0.3) is 5.56 Å². The highest BCUT2D eigenvalue weighted by molar-refractivity contribution is 5.78. The van der Waals surface area contributed by atoms with E-state index in [2.05, 4.69) is 17.2 Å². The minimum absolute atomic E-state index is 0.0386. The number of aromatic amines is 1. The number of rotatable bonds is 3. The largest absolute Gasteiger partial charge is 0.381 e. The summed E-state index contributed by atoms with van der Waals surface area (Å²) < 4.78 is 0. The molecule has 0 atom stereocenters. The molecule has 100 valence electrons. The minimum atomic E-state index is -0.0386. The summed E-state index contributed by atoms with van der Waals surface area (Å²) in [7, 11) is 0. The SMILES string of the molecule is Cc1ccc(NCc2cc3ccccc3[nH]c2=O)cc1. The third-order valence-corrected chi connectivity index (χ3v) is 3.36. The third-order valence-electron chi connectivity index (χ3n) is 3.36. The van der Waals surface area contributed by atoms with E-state index in [4.69, 9.17) is 0 Å². The van der Waals surface area contributed by atoms with Crippen molar-refractivity contribution in [2.45, 2.75) is 13.5 Å². The molecule has 0 saturated carbocycles. The van der Waals surface area contributed by atoms with Crippen molar-refractivity contribution < 1.29 is 0 Å². The van der Waals surface area contributed by atoms with Gasteiger partial charge < -0.3 is 10.3 Å². The van der Waals surface area contributed by atoms with Gasteiger partial charge in [-0.3, -0.25) is 4.79 Å². The zero-order chi connectivity index (χ0) is 13.9. The van der Waals surface area contributed by atoms with Gasteiger partial charge in [0.2, 0.25) is 0 Å². The maximum Gasteiger partial charge on any atom is 0.253 e. The van der Waals surface area contributed by atoms with E-state index in [1.165, 1.54) is 5.56 Å². The minimum Gasteiger partial charge on any atom is -0.381 e. The lowest BCUT2D eigenvalue weighted by molar-refractivity contribution is 1.09. The molecule has 0 aliphatic carbocycles. The van der Waals surface area contributed by atoms with E-state index in [1.54, 1.807) is 0 Å². The van der Waals surface area contributed by atoms with Crippen molar-refractivity contribution in [2.75, 3.05) is 5.32 Å². The normalized spacial score (nSPS) is 10.7. The van der Waals surface area contributed by atoms with E-state index in [1.807, 2.05) is 54.6 Å². The summed E-state index contributed by atoms with van der Waals surface area (Å²) >= 11 is 0. The van der Waals surface area contributed by atoms with Crippen LogP contribution in [0, 0.1) is 6.92 Å². The van der Waals surface area contributed by atoms with Gasteiger partial charge in [0.15, 0.2) is 0 Å². The van der Waals surface area contributed by atoms with Crippen molar-refractivity contribution in [3.63, 3.8) is 0 Å². The highest BCUT2D eigenvalue weighted by Crippen LogP contribution is 2.12. The van der Waals surface area contributed by atoms with Crippen LogP contribution in [0.3, 0.4) is 0 Å². The summed E-state index contributed by atoms with van der Waals surface area (Å²) in [5.74, 6) is 0. The monoisotopic (exact) mass is 264 g/mol. The van der Waals surface area contributed by atoms with Crippen molar-refractivity contribution in [2.24, 2.45) is 0 Å². The highest BCUT2D eigenvalue weighted by Gasteiger charge is 2.02. The fourth-order valence-corrected chi connectivity index (χ4v) is 2.19. The second-order valence-electron chi connectivity index (χ2n) is 4.93. The average Bonchev–Trinajstić information content (AvgIpc) is 2.47. The van der Waals surface area contributed by atoms with Crippen molar-refractivity contribution in [3.8, 4) is 0 Å². The molecule has 0 radical (unpaired) electrons. The number of fused-ring (bicyclic) bond motifs is 1. The molecular weight excluding hydrogens is 248 g/mol. The van der Waals surface area contributed by atoms with Gasteiger partial charge in [0.05, 0.1) is 0 Å². The van der Waals surface area contributed by atoms with Gasteiger partial charge in [-0.1, -0.05) is 35.9 Å². The molecule has 0 saturated heterocycles. The predicted octanol–water partition coefficient (Wildman–Crippen LogP) is 3.45. The molecule has 0 aliphatic rings. The van der Waals surface area contributed by atoms with Crippen LogP contribution in [-0.2, 0) is 6.54 Å². The molecule has 2 N–H and O–H groups in total. The Labute approximate surface area is 117 Å². The number of nitrogens with one attached hydrogen (secondary N) is 2. The van der Waals surface area contributed by atoms with Crippen LogP contribution in [0.2, 0.25) is 0 Å². The Morgan fingerprint density at radius 3 is 2.60 bits per heavy atom. The first kappa shape index (κ1) is 12.5. The summed E-state index contributed by atoms with van der Waals surface area (Å²) in [4.78, 5) is 14.9. The van der Waals surface area contributed by atoms with Crippen LogP contribution in [0.1, 0.15) is 11.1 Å². The molecule has 2 aromatic carbocycles. The number of hydrogen-bond acceptors (Lipinski definition) is 2. The molecule has 0 spiro atoms. The Hall–Kier alpha value is -2.55. The van der Waals surface area contributed by atoms with Crippen LogP contribution in [0.15, 0.2) is 59.4 Å². The Morgan fingerprint density at radius 1 is 1.05 bits per heavy atom. The smallest absolute Gasteiger partial charge is 0.253 e. The lowest BCUT2D eigenvalue weighted by Gasteiger charge is -2.07. The van der Waals surface area contributed by atoms with Gasteiger partial charge in [-0.05, 0) is 36.6 Å². The molecular formula is C17H16N2O. The van der Waals surface area contributed by atoms with Crippen LogP contribution in [0.4, 0.5) is 5.69 Å². The van der Waals surface area contributed by atoms with E-state index in [-0.39, 0.29) is 5.56 Å². The summed E-state index contributed by atoms with van der Waals surface area (Å²) in [5, 5.41) is 4.32. The van der Waals surface area contributed by atoms with E-state index >= 15 is 0 Å². The number of hydrogen-bond donors (Lipinski definition) is 2. The predicted molar refractivity (Wildman–Crippen MR) is 83.1 cm³/mol. The lowest BCUT2D eigenvalue weighted by atomic mass is 10.1. The number of pyridine rings is 1. The van der Waals surface area contributed by atoms with E-state index in [0.717, 1.165) is 22.2 Å². The Balaban J connectivity index is 1.85. The Kier molecular flexibility index (Phi) is 3.25. The first-order chi connectivity index (χ1) is 9.72. The summed E-state index contributed by atoms with van der Waals surface area (Å²) in [6, 6.07) is 17.9. The van der Waals surface area contributed by atoms with E-state index in [0.29, 0.717) is 6.54 Å². The number of para-hydroxylation sites is 1. The molecule has 3 nitrogen and oxygen atoms in total. The van der Waals surface area contributed by atoms with Crippen molar-refractivity contribution in [1.29, 1.82) is 0 Å². The lowest BCUT2D eigenvalue weighted by Crippen LogP contribution is -2.15. The van der Waals surface area contributed by atoms with Gasteiger partial charge in [-0.2, -0.15) is 0 Å². The standard InChI is InChI=1S/C17H16N2O/c1-12-6-8-15(9-7-12)18-11-14-10-13-4-2-3-5-16(13)19-17(14)20/h2-10,18H,11H2,1H3,(H,19,20).